The molecule has 26 heavy (non-hydrogen) atoms. The van der Waals surface area contributed by atoms with Crippen LogP contribution in [-0.2, 0) is 15.6 Å². The van der Waals surface area contributed by atoms with E-state index in [1.807, 2.05) is 30.4 Å². The Bertz CT molecular complexity index is 816. The van der Waals surface area contributed by atoms with Gasteiger partial charge < -0.3 is 4.74 Å². The number of thiophene rings is 2. The predicted molar refractivity (Wildman–Crippen MR) is 113 cm³/mol. The lowest BCUT2D eigenvalue weighted by molar-refractivity contribution is 0.0532. The van der Waals surface area contributed by atoms with Crippen molar-refractivity contribution in [3.05, 3.63) is 43.3 Å². The summed E-state index contributed by atoms with van der Waals surface area (Å²) in [6.07, 6.45) is 4.66. The summed E-state index contributed by atoms with van der Waals surface area (Å²) in [5, 5.41) is 0. The number of allylic oxidation sites excluding steroid dienone is 1. The fourth-order valence-electron chi connectivity index (χ4n) is 3.49. The van der Waals surface area contributed by atoms with Gasteiger partial charge >= 0.3 is 5.97 Å². The number of esters is 1. The lowest BCUT2D eigenvalue weighted by atomic mass is 9.67. The van der Waals surface area contributed by atoms with Crippen molar-refractivity contribution in [2.45, 2.75) is 65.2 Å². The highest BCUT2D eigenvalue weighted by Gasteiger charge is 2.38. The SMILES string of the molecule is CCOC(=O)c1ccc(C=C(C)c2cc3c(s2)C(C)(C)CCC3(C)C)s1. The zero-order valence-corrected chi connectivity index (χ0v) is 18.2. The maximum absolute atomic E-state index is 11.9. The van der Waals surface area contributed by atoms with Crippen molar-refractivity contribution in [1.29, 1.82) is 0 Å². The van der Waals surface area contributed by atoms with E-state index in [2.05, 4.69) is 46.8 Å². The van der Waals surface area contributed by atoms with Crippen molar-refractivity contribution in [2.75, 3.05) is 6.61 Å². The third kappa shape index (κ3) is 3.67. The molecule has 2 heterocycles. The fourth-order valence-corrected chi connectivity index (χ4v) is 5.84. The number of rotatable bonds is 4. The summed E-state index contributed by atoms with van der Waals surface area (Å²) in [4.78, 5) is 16.5. The van der Waals surface area contributed by atoms with Gasteiger partial charge in [0.1, 0.15) is 4.88 Å². The Balaban J connectivity index is 1.92. The lowest BCUT2D eigenvalue weighted by Gasteiger charge is -2.39. The van der Waals surface area contributed by atoms with Crippen molar-refractivity contribution in [2.24, 2.45) is 0 Å². The van der Waals surface area contributed by atoms with Crippen LogP contribution < -0.4 is 0 Å². The Kier molecular flexibility index (Phi) is 5.19. The molecular weight excluding hydrogens is 360 g/mol. The lowest BCUT2D eigenvalue weighted by Crippen LogP contribution is -2.31. The van der Waals surface area contributed by atoms with Crippen molar-refractivity contribution < 1.29 is 9.53 Å². The minimum Gasteiger partial charge on any atom is -0.462 e. The van der Waals surface area contributed by atoms with Crippen LogP contribution in [0.5, 0.6) is 0 Å². The molecule has 0 atom stereocenters. The molecule has 2 nitrogen and oxygen atoms in total. The van der Waals surface area contributed by atoms with Crippen LogP contribution in [0.15, 0.2) is 18.2 Å². The van der Waals surface area contributed by atoms with Crippen LogP contribution in [0.4, 0.5) is 0 Å². The molecule has 0 aliphatic heterocycles. The van der Waals surface area contributed by atoms with E-state index in [1.54, 1.807) is 0 Å². The highest BCUT2D eigenvalue weighted by atomic mass is 32.1. The van der Waals surface area contributed by atoms with Crippen LogP contribution in [0.25, 0.3) is 11.6 Å². The molecule has 0 radical (unpaired) electrons. The van der Waals surface area contributed by atoms with Gasteiger partial charge in [0.05, 0.1) is 6.61 Å². The Morgan fingerprint density at radius 1 is 1.12 bits per heavy atom. The minimum absolute atomic E-state index is 0.232. The zero-order valence-electron chi connectivity index (χ0n) is 16.6. The monoisotopic (exact) mass is 388 g/mol. The van der Waals surface area contributed by atoms with E-state index in [4.69, 9.17) is 4.74 Å². The highest BCUT2D eigenvalue weighted by molar-refractivity contribution is 7.15. The van der Waals surface area contributed by atoms with Crippen LogP contribution in [0.1, 0.15) is 84.3 Å². The normalized spacial score (nSPS) is 18.5. The molecule has 2 aromatic rings. The van der Waals surface area contributed by atoms with Gasteiger partial charge in [-0.3, -0.25) is 0 Å². The van der Waals surface area contributed by atoms with E-state index in [0.717, 1.165) is 4.88 Å². The number of carbonyl (C=O) groups excluding carboxylic acids is 1. The average molecular weight is 389 g/mol. The molecule has 2 aromatic heterocycles. The average Bonchev–Trinajstić information content (AvgIpc) is 3.20. The zero-order chi connectivity index (χ0) is 19.1. The molecule has 0 amide bonds. The summed E-state index contributed by atoms with van der Waals surface area (Å²) in [6, 6.07) is 6.25. The summed E-state index contributed by atoms with van der Waals surface area (Å²) in [5.74, 6) is -0.232. The number of hydrogen-bond donors (Lipinski definition) is 0. The number of hydrogen-bond acceptors (Lipinski definition) is 4. The molecule has 1 aliphatic rings. The third-order valence-corrected chi connectivity index (χ3v) is 7.95. The summed E-state index contributed by atoms with van der Waals surface area (Å²) < 4.78 is 5.08. The van der Waals surface area contributed by atoms with E-state index in [9.17, 15) is 4.79 Å². The van der Waals surface area contributed by atoms with Gasteiger partial charge in [0, 0.05) is 14.6 Å². The molecule has 4 heteroatoms. The molecule has 3 rings (SSSR count). The molecule has 0 N–H and O–H groups in total. The van der Waals surface area contributed by atoms with Gasteiger partial charge in [0.2, 0.25) is 0 Å². The highest BCUT2D eigenvalue weighted by Crippen LogP contribution is 2.50. The first-order valence-corrected chi connectivity index (χ1v) is 10.9. The third-order valence-electron chi connectivity index (χ3n) is 5.30. The van der Waals surface area contributed by atoms with Gasteiger partial charge in [-0.2, -0.15) is 0 Å². The Morgan fingerprint density at radius 3 is 2.46 bits per heavy atom. The summed E-state index contributed by atoms with van der Waals surface area (Å²) in [6.45, 7) is 13.9. The maximum atomic E-state index is 11.9. The number of ether oxygens (including phenoxy) is 1. The summed E-state index contributed by atoms with van der Waals surface area (Å²) >= 11 is 3.43. The van der Waals surface area contributed by atoms with Crippen molar-refractivity contribution in [3.8, 4) is 0 Å². The van der Waals surface area contributed by atoms with Gasteiger partial charge in [0.15, 0.2) is 0 Å². The molecule has 0 bridgehead atoms. The summed E-state index contributed by atoms with van der Waals surface area (Å²) in [5.41, 5.74) is 3.28. The van der Waals surface area contributed by atoms with Crippen molar-refractivity contribution in [3.63, 3.8) is 0 Å². The van der Waals surface area contributed by atoms with E-state index in [0.29, 0.717) is 11.5 Å². The van der Waals surface area contributed by atoms with Crippen LogP contribution in [-0.4, -0.2) is 12.6 Å². The first kappa shape index (κ1) is 19.4. The molecule has 0 fully saturated rings. The molecule has 0 aromatic carbocycles. The molecule has 140 valence electrons. The van der Waals surface area contributed by atoms with Gasteiger partial charge in [-0.05, 0) is 72.9 Å². The molecule has 0 spiro atoms. The quantitative estimate of drug-likeness (QED) is 0.533. The van der Waals surface area contributed by atoms with Crippen LogP contribution in [0.2, 0.25) is 0 Å². The summed E-state index contributed by atoms with van der Waals surface area (Å²) in [7, 11) is 0. The Morgan fingerprint density at radius 2 is 1.81 bits per heavy atom. The van der Waals surface area contributed by atoms with Crippen molar-refractivity contribution >= 4 is 40.3 Å². The van der Waals surface area contributed by atoms with Gasteiger partial charge in [-0.1, -0.05) is 27.7 Å². The first-order chi connectivity index (χ1) is 12.1. The van der Waals surface area contributed by atoms with Gasteiger partial charge in [-0.15, -0.1) is 22.7 Å². The number of fused-ring (bicyclic) bond motifs is 1. The van der Waals surface area contributed by atoms with Crippen LogP contribution in [0, 0.1) is 0 Å². The second-order valence-corrected chi connectivity index (χ2v) is 10.5. The predicted octanol–water partition coefficient (Wildman–Crippen LogP) is 6.90. The van der Waals surface area contributed by atoms with Gasteiger partial charge in [-0.25, -0.2) is 4.79 Å². The smallest absolute Gasteiger partial charge is 0.348 e. The van der Waals surface area contributed by atoms with E-state index in [1.165, 1.54) is 45.1 Å². The van der Waals surface area contributed by atoms with Crippen LogP contribution in [0.3, 0.4) is 0 Å². The maximum Gasteiger partial charge on any atom is 0.348 e. The molecule has 0 unspecified atom stereocenters. The Hall–Kier alpha value is -1.39. The molecular formula is C22H28O2S2. The first-order valence-electron chi connectivity index (χ1n) is 9.24. The second-order valence-electron chi connectivity index (χ2n) is 8.37. The minimum atomic E-state index is -0.232. The van der Waals surface area contributed by atoms with E-state index >= 15 is 0 Å². The second kappa shape index (κ2) is 6.97. The van der Waals surface area contributed by atoms with Crippen LogP contribution >= 0.6 is 22.7 Å². The standard InChI is InChI=1S/C22H28O2S2/c1-7-24-20(23)17-9-8-15(25-17)12-14(2)18-13-16-19(26-18)22(5,6)11-10-21(16,3)4/h8-9,12-13H,7,10-11H2,1-6H3. The topological polar surface area (TPSA) is 26.3 Å². The Labute approximate surface area is 164 Å². The van der Waals surface area contributed by atoms with Gasteiger partial charge in [0.25, 0.3) is 0 Å². The van der Waals surface area contributed by atoms with E-state index < -0.39 is 0 Å². The molecule has 1 aliphatic carbocycles. The molecule has 0 saturated carbocycles. The van der Waals surface area contributed by atoms with E-state index in [-0.39, 0.29) is 16.8 Å². The van der Waals surface area contributed by atoms with Crippen molar-refractivity contribution in [1.82, 2.24) is 0 Å². The molecule has 0 saturated heterocycles. The fraction of sp³-hybridized carbons (Fsp3) is 0.500. The largest absolute Gasteiger partial charge is 0.462 e. The number of carbonyl (C=O) groups is 1.